The molecule has 0 N–H and O–H groups in total. The summed E-state index contributed by atoms with van der Waals surface area (Å²) in [6.45, 7) is 0. The van der Waals surface area contributed by atoms with Crippen LogP contribution in [0.25, 0.3) is 21.9 Å². The van der Waals surface area contributed by atoms with Crippen molar-refractivity contribution in [3.63, 3.8) is 0 Å². The minimum atomic E-state index is -0.550. The summed E-state index contributed by atoms with van der Waals surface area (Å²) in [6, 6.07) is 6.56. The number of furan rings is 2. The van der Waals surface area contributed by atoms with E-state index in [9.17, 15) is 10.1 Å². The molecule has 0 bridgehead atoms. The smallest absolute Gasteiger partial charge is 0.434 e. The van der Waals surface area contributed by atoms with Crippen LogP contribution in [-0.4, -0.2) is 4.92 Å². The first kappa shape index (κ1) is 8.05. The SMILES string of the molecule is O=[N+]([O-])c1cc2c(ccc3occc32)o1. The highest BCUT2D eigenvalue weighted by Gasteiger charge is 2.15. The molecule has 0 unspecified atom stereocenters. The molecular formula is C10H5NO4. The van der Waals surface area contributed by atoms with E-state index in [4.69, 9.17) is 8.83 Å². The molecular weight excluding hydrogens is 198 g/mol. The lowest BCUT2D eigenvalue weighted by Gasteiger charge is -1.87. The number of hydrogen-bond acceptors (Lipinski definition) is 4. The Hall–Kier alpha value is -2.30. The molecule has 0 atom stereocenters. The lowest BCUT2D eigenvalue weighted by Crippen LogP contribution is -1.82. The molecule has 0 aliphatic heterocycles. The Balaban J connectivity index is 2.46. The fourth-order valence-corrected chi connectivity index (χ4v) is 1.64. The van der Waals surface area contributed by atoms with Crippen molar-refractivity contribution in [3.8, 4) is 0 Å². The Bertz CT molecular complexity index is 664. The molecule has 2 aromatic heterocycles. The van der Waals surface area contributed by atoms with Gasteiger partial charge in [-0.25, -0.2) is 0 Å². The average Bonchev–Trinajstić information content (AvgIpc) is 2.82. The van der Waals surface area contributed by atoms with Crippen LogP contribution in [-0.2, 0) is 0 Å². The molecule has 1 aromatic carbocycles. The number of hydrogen-bond donors (Lipinski definition) is 0. The quantitative estimate of drug-likeness (QED) is 0.450. The standard InChI is InChI=1S/C10H5NO4/c12-11(13)10-5-7-6-3-4-14-8(6)1-2-9(7)15-10/h1-5H. The first-order valence-corrected chi connectivity index (χ1v) is 4.30. The summed E-state index contributed by atoms with van der Waals surface area (Å²) < 4.78 is 10.3. The Kier molecular flexibility index (Phi) is 1.39. The molecule has 0 amide bonds. The molecule has 0 radical (unpaired) electrons. The van der Waals surface area contributed by atoms with Gasteiger partial charge in [0.2, 0.25) is 0 Å². The van der Waals surface area contributed by atoms with E-state index in [2.05, 4.69) is 0 Å². The van der Waals surface area contributed by atoms with Crippen molar-refractivity contribution in [1.29, 1.82) is 0 Å². The number of nitrogens with zero attached hydrogens (tertiary/aromatic N) is 1. The van der Waals surface area contributed by atoms with Gasteiger partial charge in [0.1, 0.15) is 16.1 Å². The van der Waals surface area contributed by atoms with Crippen LogP contribution >= 0.6 is 0 Å². The van der Waals surface area contributed by atoms with Gasteiger partial charge in [0, 0.05) is 10.8 Å². The van der Waals surface area contributed by atoms with Gasteiger partial charge in [0.15, 0.2) is 0 Å². The van der Waals surface area contributed by atoms with Crippen LogP contribution in [0, 0.1) is 10.1 Å². The van der Waals surface area contributed by atoms with E-state index in [1.165, 1.54) is 6.07 Å². The Labute approximate surface area is 83.0 Å². The fourth-order valence-electron chi connectivity index (χ4n) is 1.64. The molecule has 2 heterocycles. The normalized spacial score (nSPS) is 11.2. The lowest BCUT2D eigenvalue weighted by atomic mass is 10.2. The van der Waals surface area contributed by atoms with Crippen LogP contribution in [0.15, 0.2) is 39.4 Å². The molecule has 0 saturated heterocycles. The second-order valence-corrected chi connectivity index (χ2v) is 3.15. The first-order chi connectivity index (χ1) is 7.25. The molecule has 5 nitrogen and oxygen atoms in total. The van der Waals surface area contributed by atoms with Crippen molar-refractivity contribution in [3.05, 3.63) is 40.6 Å². The number of nitro groups is 1. The van der Waals surface area contributed by atoms with Gasteiger partial charge in [-0.15, -0.1) is 0 Å². The van der Waals surface area contributed by atoms with Crippen LogP contribution < -0.4 is 0 Å². The minimum absolute atomic E-state index is 0.251. The number of benzene rings is 1. The van der Waals surface area contributed by atoms with Gasteiger partial charge >= 0.3 is 5.88 Å². The summed E-state index contributed by atoms with van der Waals surface area (Å²) in [5, 5.41) is 12.1. The second-order valence-electron chi connectivity index (χ2n) is 3.15. The highest BCUT2D eigenvalue weighted by Crippen LogP contribution is 2.31. The van der Waals surface area contributed by atoms with E-state index in [0.29, 0.717) is 16.6 Å². The molecule has 0 aliphatic rings. The number of rotatable bonds is 1. The molecule has 0 saturated carbocycles. The molecule has 15 heavy (non-hydrogen) atoms. The van der Waals surface area contributed by atoms with E-state index in [-0.39, 0.29) is 5.88 Å². The summed E-state index contributed by atoms with van der Waals surface area (Å²) in [7, 11) is 0. The summed E-state index contributed by atoms with van der Waals surface area (Å²) in [6.07, 6.45) is 1.54. The minimum Gasteiger partial charge on any atom is -0.464 e. The molecule has 0 aliphatic carbocycles. The third-order valence-electron chi connectivity index (χ3n) is 2.30. The third-order valence-corrected chi connectivity index (χ3v) is 2.30. The summed E-state index contributed by atoms with van der Waals surface area (Å²) >= 11 is 0. The summed E-state index contributed by atoms with van der Waals surface area (Å²) in [4.78, 5) is 9.98. The highest BCUT2D eigenvalue weighted by molar-refractivity contribution is 6.04. The molecule has 3 aromatic rings. The van der Waals surface area contributed by atoms with E-state index < -0.39 is 4.92 Å². The zero-order valence-electron chi connectivity index (χ0n) is 7.47. The van der Waals surface area contributed by atoms with Gasteiger partial charge in [0.25, 0.3) is 0 Å². The zero-order valence-corrected chi connectivity index (χ0v) is 7.47. The fraction of sp³-hybridized carbons (Fsp3) is 0. The maximum atomic E-state index is 10.5. The highest BCUT2D eigenvalue weighted by atomic mass is 16.6. The Morgan fingerprint density at radius 2 is 1.93 bits per heavy atom. The monoisotopic (exact) mass is 203 g/mol. The van der Waals surface area contributed by atoms with Crippen molar-refractivity contribution in [2.45, 2.75) is 0 Å². The van der Waals surface area contributed by atoms with Crippen LogP contribution in [0.3, 0.4) is 0 Å². The van der Waals surface area contributed by atoms with Gasteiger partial charge in [-0.05, 0) is 18.2 Å². The zero-order chi connectivity index (χ0) is 10.4. The Morgan fingerprint density at radius 1 is 1.13 bits per heavy atom. The predicted molar refractivity (Wildman–Crippen MR) is 52.6 cm³/mol. The summed E-state index contributed by atoms with van der Waals surface area (Å²) in [5.41, 5.74) is 1.19. The van der Waals surface area contributed by atoms with Crippen molar-refractivity contribution in [1.82, 2.24) is 0 Å². The lowest BCUT2D eigenvalue weighted by molar-refractivity contribution is -0.401. The summed E-state index contributed by atoms with van der Waals surface area (Å²) in [5.74, 6) is -0.251. The Morgan fingerprint density at radius 3 is 2.73 bits per heavy atom. The molecule has 0 fully saturated rings. The van der Waals surface area contributed by atoms with Gasteiger partial charge in [-0.1, -0.05) is 0 Å². The van der Waals surface area contributed by atoms with Crippen LogP contribution in [0.1, 0.15) is 0 Å². The average molecular weight is 203 g/mol. The van der Waals surface area contributed by atoms with Crippen LogP contribution in [0.5, 0.6) is 0 Å². The van der Waals surface area contributed by atoms with E-state index in [1.54, 1.807) is 24.5 Å². The maximum absolute atomic E-state index is 10.5. The van der Waals surface area contributed by atoms with Crippen molar-refractivity contribution in [2.24, 2.45) is 0 Å². The van der Waals surface area contributed by atoms with Gasteiger partial charge in [-0.2, -0.15) is 0 Å². The number of fused-ring (bicyclic) bond motifs is 3. The topological polar surface area (TPSA) is 69.4 Å². The second kappa shape index (κ2) is 2.60. The van der Waals surface area contributed by atoms with Crippen LogP contribution in [0.4, 0.5) is 5.88 Å². The van der Waals surface area contributed by atoms with E-state index >= 15 is 0 Å². The predicted octanol–water partition coefficient (Wildman–Crippen LogP) is 3.09. The largest absolute Gasteiger partial charge is 0.464 e. The maximum Gasteiger partial charge on any atom is 0.434 e. The first-order valence-electron chi connectivity index (χ1n) is 4.30. The van der Waals surface area contributed by atoms with E-state index in [1.807, 2.05) is 0 Å². The van der Waals surface area contributed by atoms with E-state index in [0.717, 1.165) is 5.39 Å². The molecule has 5 heteroatoms. The van der Waals surface area contributed by atoms with Crippen molar-refractivity contribution < 1.29 is 13.8 Å². The van der Waals surface area contributed by atoms with Gasteiger partial charge in [-0.3, -0.25) is 10.1 Å². The van der Waals surface area contributed by atoms with Crippen LogP contribution in [0.2, 0.25) is 0 Å². The van der Waals surface area contributed by atoms with Crippen molar-refractivity contribution in [2.75, 3.05) is 0 Å². The van der Waals surface area contributed by atoms with Crippen molar-refractivity contribution >= 4 is 27.8 Å². The third kappa shape index (κ3) is 1.03. The van der Waals surface area contributed by atoms with Gasteiger partial charge in [0.05, 0.1) is 12.3 Å². The molecule has 74 valence electrons. The molecule has 3 rings (SSSR count). The van der Waals surface area contributed by atoms with Gasteiger partial charge < -0.3 is 8.83 Å². The molecule has 0 spiro atoms.